The predicted octanol–water partition coefficient (Wildman–Crippen LogP) is 1.32. The van der Waals surface area contributed by atoms with Crippen LogP contribution in [-0.2, 0) is 9.53 Å². The number of hydrogen-bond acceptors (Lipinski definition) is 5. The monoisotopic (exact) mass is 310 g/mol. The molecule has 0 saturated carbocycles. The van der Waals surface area contributed by atoms with E-state index in [0.29, 0.717) is 5.75 Å². The molecule has 22 heavy (non-hydrogen) atoms. The molecule has 0 spiro atoms. The SMILES string of the molecule is CC(C)(C)OC(=O)COc1ccc(C(=O)NNC(=O)O)cc1. The average Bonchev–Trinajstić information content (AvgIpc) is 2.41. The molecule has 8 heteroatoms. The van der Waals surface area contributed by atoms with Crippen molar-refractivity contribution in [1.29, 1.82) is 0 Å². The molecule has 0 radical (unpaired) electrons. The molecule has 0 saturated heterocycles. The van der Waals surface area contributed by atoms with Crippen LogP contribution in [0, 0.1) is 0 Å². The zero-order valence-corrected chi connectivity index (χ0v) is 12.5. The van der Waals surface area contributed by atoms with Gasteiger partial charge in [0.2, 0.25) is 0 Å². The standard InChI is InChI=1S/C14H18N2O6/c1-14(2,3)22-11(17)8-21-10-6-4-9(5-7-10)12(18)15-16-13(19)20/h4-7,16H,8H2,1-3H3,(H,15,18)(H,19,20). The summed E-state index contributed by atoms with van der Waals surface area (Å²) in [4.78, 5) is 33.3. The van der Waals surface area contributed by atoms with Crippen LogP contribution in [-0.4, -0.2) is 35.3 Å². The Hall–Kier alpha value is -2.77. The van der Waals surface area contributed by atoms with E-state index in [9.17, 15) is 14.4 Å². The van der Waals surface area contributed by atoms with Crippen molar-refractivity contribution in [2.75, 3.05) is 6.61 Å². The summed E-state index contributed by atoms with van der Waals surface area (Å²) in [5.41, 5.74) is 3.39. The van der Waals surface area contributed by atoms with Gasteiger partial charge in [0.05, 0.1) is 0 Å². The Labute approximate surface area is 127 Å². The van der Waals surface area contributed by atoms with Crippen molar-refractivity contribution in [3.05, 3.63) is 29.8 Å². The van der Waals surface area contributed by atoms with Crippen molar-refractivity contribution in [1.82, 2.24) is 10.9 Å². The van der Waals surface area contributed by atoms with E-state index in [1.807, 2.05) is 5.43 Å². The van der Waals surface area contributed by atoms with Crippen molar-refractivity contribution in [3.63, 3.8) is 0 Å². The van der Waals surface area contributed by atoms with E-state index in [1.165, 1.54) is 24.3 Å². The highest BCUT2D eigenvalue weighted by Gasteiger charge is 2.16. The fourth-order valence-corrected chi connectivity index (χ4v) is 1.40. The highest BCUT2D eigenvalue weighted by atomic mass is 16.6. The first-order valence-corrected chi connectivity index (χ1v) is 6.41. The van der Waals surface area contributed by atoms with Crippen molar-refractivity contribution in [2.45, 2.75) is 26.4 Å². The Morgan fingerprint density at radius 3 is 2.18 bits per heavy atom. The van der Waals surface area contributed by atoms with Gasteiger partial charge < -0.3 is 14.6 Å². The van der Waals surface area contributed by atoms with E-state index in [2.05, 4.69) is 0 Å². The Morgan fingerprint density at radius 2 is 1.68 bits per heavy atom. The van der Waals surface area contributed by atoms with Crippen LogP contribution in [0.2, 0.25) is 0 Å². The van der Waals surface area contributed by atoms with E-state index in [-0.39, 0.29) is 12.2 Å². The van der Waals surface area contributed by atoms with Gasteiger partial charge >= 0.3 is 12.1 Å². The van der Waals surface area contributed by atoms with E-state index in [4.69, 9.17) is 14.6 Å². The van der Waals surface area contributed by atoms with Crippen LogP contribution < -0.4 is 15.6 Å². The summed E-state index contributed by atoms with van der Waals surface area (Å²) in [5.74, 6) is -0.727. The van der Waals surface area contributed by atoms with Crippen molar-refractivity contribution in [3.8, 4) is 5.75 Å². The molecule has 0 heterocycles. The number of carboxylic acid groups (broad SMARTS) is 1. The van der Waals surface area contributed by atoms with Crippen molar-refractivity contribution >= 4 is 18.0 Å². The Bertz CT molecular complexity index is 547. The van der Waals surface area contributed by atoms with Crippen LogP contribution in [0.25, 0.3) is 0 Å². The number of benzene rings is 1. The molecule has 1 aromatic carbocycles. The van der Waals surface area contributed by atoms with E-state index in [1.54, 1.807) is 26.2 Å². The summed E-state index contributed by atoms with van der Waals surface area (Å²) >= 11 is 0. The van der Waals surface area contributed by atoms with Crippen LogP contribution in [0.1, 0.15) is 31.1 Å². The third-order valence-electron chi connectivity index (χ3n) is 2.18. The minimum absolute atomic E-state index is 0.235. The van der Waals surface area contributed by atoms with Gasteiger partial charge in [0, 0.05) is 5.56 Å². The van der Waals surface area contributed by atoms with Crippen LogP contribution in [0.4, 0.5) is 4.79 Å². The second-order valence-corrected chi connectivity index (χ2v) is 5.28. The van der Waals surface area contributed by atoms with E-state index in [0.717, 1.165) is 0 Å². The fraction of sp³-hybridized carbons (Fsp3) is 0.357. The third kappa shape index (κ3) is 6.60. The first kappa shape index (κ1) is 17.3. The number of ether oxygens (including phenoxy) is 2. The first-order chi connectivity index (χ1) is 10.2. The molecule has 3 N–H and O–H groups in total. The molecule has 0 fully saturated rings. The maximum atomic E-state index is 11.5. The molecular formula is C14H18N2O6. The summed E-state index contributed by atoms with van der Waals surface area (Å²) in [6.45, 7) is 5.01. The minimum Gasteiger partial charge on any atom is -0.482 e. The number of amides is 2. The molecule has 0 aliphatic rings. The van der Waals surface area contributed by atoms with Gasteiger partial charge in [0.25, 0.3) is 5.91 Å². The normalized spacial score (nSPS) is 10.5. The molecule has 0 atom stereocenters. The molecule has 120 valence electrons. The molecule has 0 aliphatic carbocycles. The van der Waals surface area contributed by atoms with Gasteiger partial charge in [-0.05, 0) is 45.0 Å². The van der Waals surface area contributed by atoms with Gasteiger partial charge in [-0.3, -0.25) is 10.2 Å². The van der Waals surface area contributed by atoms with E-state index < -0.39 is 23.6 Å². The van der Waals surface area contributed by atoms with Crippen molar-refractivity contribution in [2.24, 2.45) is 0 Å². The van der Waals surface area contributed by atoms with Crippen LogP contribution in [0.15, 0.2) is 24.3 Å². The molecule has 2 amide bonds. The number of hydrogen-bond donors (Lipinski definition) is 3. The van der Waals surface area contributed by atoms with Gasteiger partial charge in [-0.1, -0.05) is 0 Å². The molecule has 0 aliphatic heterocycles. The second-order valence-electron chi connectivity index (χ2n) is 5.28. The summed E-state index contributed by atoms with van der Waals surface area (Å²) < 4.78 is 10.3. The van der Waals surface area contributed by atoms with Gasteiger partial charge in [0.15, 0.2) is 6.61 Å². The molecule has 0 unspecified atom stereocenters. The maximum absolute atomic E-state index is 11.5. The molecule has 0 aromatic heterocycles. The number of carbonyl (C=O) groups is 3. The molecule has 0 bridgehead atoms. The van der Waals surface area contributed by atoms with Crippen LogP contribution in [0.5, 0.6) is 5.75 Å². The highest BCUT2D eigenvalue weighted by Crippen LogP contribution is 2.13. The topological polar surface area (TPSA) is 114 Å². The highest BCUT2D eigenvalue weighted by molar-refractivity contribution is 5.94. The first-order valence-electron chi connectivity index (χ1n) is 6.41. The molecule has 1 aromatic rings. The lowest BCUT2D eigenvalue weighted by Crippen LogP contribution is -2.40. The quantitative estimate of drug-likeness (QED) is 0.571. The van der Waals surface area contributed by atoms with Gasteiger partial charge in [0.1, 0.15) is 11.4 Å². The summed E-state index contributed by atoms with van der Waals surface area (Å²) in [7, 11) is 0. The van der Waals surface area contributed by atoms with Crippen LogP contribution in [0.3, 0.4) is 0 Å². The van der Waals surface area contributed by atoms with Gasteiger partial charge in [-0.15, -0.1) is 0 Å². The average molecular weight is 310 g/mol. The number of nitrogens with one attached hydrogen (secondary N) is 2. The zero-order chi connectivity index (χ0) is 16.8. The lowest BCUT2D eigenvalue weighted by Gasteiger charge is -2.19. The Morgan fingerprint density at radius 1 is 1.09 bits per heavy atom. The predicted molar refractivity (Wildman–Crippen MR) is 76.4 cm³/mol. The van der Waals surface area contributed by atoms with Gasteiger partial charge in [-0.25, -0.2) is 15.0 Å². The molecule has 1 rings (SSSR count). The Kier molecular flexibility index (Phi) is 5.73. The smallest absolute Gasteiger partial charge is 0.423 e. The van der Waals surface area contributed by atoms with Crippen molar-refractivity contribution < 1.29 is 29.0 Å². The third-order valence-corrected chi connectivity index (χ3v) is 2.18. The number of esters is 1. The summed E-state index contributed by atoms with van der Waals surface area (Å²) in [5, 5.41) is 8.37. The van der Waals surface area contributed by atoms with E-state index >= 15 is 0 Å². The lowest BCUT2D eigenvalue weighted by molar-refractivity contribution is -0.157. The zero-order valence-electron chi connectivity index (χ0n) is 12.5. The number of rotatable bonds is 4. The molecular weight excluding hydrogens is 292 g/mol. The number of carbonyl (C=O) groups excluding carboxylic acids is 2. The fourth-order valence-electron chi connectivity index (χ4n) is 1.40. The summed E-state index contributed by atoms with van der Waals surface area (Å²) in [6, 6.07) is 5.84. The molecule has 8 nitrogen and oxygen atoms in total. The largest absolute Gasteiger partial charge is 0.482 e. The lowest BCUT2D eigenvalue weighted by atomic mass is 10.2. The van der Waals surface area contributed by atoms with Gasteiger partial charge in [-0.2, -0.15) is 0 Å². The maximum Gasteiger partial charge on any atom is 0.423 e. The summed E-state index contributed by atoms with van der Waals surface area (Å²) in [6.07, 6.45) is -1.37. The Balaban J connectivity index is 2.50. The number of hydrazine groups is 1. The van der Waals surface area contributed by atoms with Crippen LogP contribution >= 0.6 is 0 Å². The second kappa shape index (κ2) is 7.30. The minimum atomic E-state index is -1.37.